The Labute approximate surface area is 163 Å². The quantitative estimate of drug-likeness (QED) is 0.452. The van der Waals surface area contributed by atoms with Crippen LogP contribution in [0.2, 0.25) is 0 Å². The van der Waals surface area contributed by atoms with Gasteiger partial charge in [0.05, 0.1) is 29.1 Å². The van der Waals surface area contributed by atoms with E-state index in [0.717, 1.165) is 6.07 Å². The second kappa shape index (κ2) is 6.84. The molecule has 0 spiro atoms. The van der Waals surface area contributed by atoms with Crippen molar-refractivity contribution in [3.8, 4) is 5.75 Å². The molecule has 1 heterocycles. The summed E-state index contributed by atoms with van der Waals surface area (Å²) in [6.45, 7) is 0. The molecule has 148 valence electrons. The molecule has 0 saturated heterocycles. The summed E-state index contributed by atoms with van der Waals surface area (Å²) in [6.07, 6.45) is -4.46. The fraction of sp³-hybridized carbons (Fsp3) is 0.136. The number of rotatable bonds is 3. The van der Waals surface area contributed by atoms with Crippen molar-refractivity contribution < 1.29 is 27.8 Å². The second-order valence-corrected chi connectivity index (χ2v) is 6.67. The number of ether oxygens (including phenoxy) is 1. The first-order valence-corrected chi connectivity index (χ1v) is 8.80. The van der Waals surface area contributed by atoms with Gasteiger partial charge >= 0.3 is 12.1 Å². The van der Waals surface area contributed by atoms with E-state index in [0.29, 0.717) is 27.4 Å². The fourth-order valence-corrected chi connectivity index (χ4v) is 3.67. The van der Waals surface area contributed by atoms with Crippen LogP contribution in [0.25, 0.3) is 21.8 Å². The van der Waals surface area contributed by atoms with Gasteiger partial charge < -0.3 is 14.8 Å². The zero-order valence-corrected chi connectivity index (χ0v) is 15.3. The number of carbonyl (C=O) groups excluding carboxylic acids is 1. The molecular formula is C22H16F3NO3. The standard InChI is InChI=1S/C22H16F3NO3/c1-29-21(28)14-6-4-8-16-18(14)19-17(27)10-9-13(20(19)26-16)11-12-5-2-3-7-15(12)22(23,24)25/h2-10,26-27H,11H2,1H3. The van der Waals surface area contributed by atoms with Crippen molar-refractivity contribution in [1.29, 1.82) is 0 Å². The molecule has 0 bridgehead atoms. The number of aromatic amines is 1. The number of alkyl halides is 3. The van der Waals surface area contributed by atoms with Gasteiger partial charge in [-0.25, -0.2) is 4.79 Å². The Balaban J connectivity index is 1.95. The Morgan fingerprint density at radius 2 is 1.76 bits per heavy atom. The number of phenols is 1. The van der Waals surface area contributed by atoms with E-state index in [2.05, 4.69) is 4.98 Å². The van der Waals surface area contributed by atoms with E-state index in [-0.39, 0.29) is 23.3 Å². The first-order chi connectivity index (χ1) is 13.8. The van der Waals surface area contributed by atoms with Crippen LogP contribution in [0.3, 0.4) is 0 Å². The maximum atomic E-state index is 13.4. The topological polar surface area (TPSA) is 62.3 Å². The highest BCUT2D eigenvalue weighted by atomic mass is 19.4. The summed E-state index contributed by atoms with van der Waals surface area (Å²) in [7, 11) is 1.26. The molecule has 0 fully saturated rings. The van der Waals surface area contributed by atoms with E-state index < -0.39 is 17.7 Å². The zero-order chi connectivity index (χ0) is 20.8. The second-order valence-electron chi connectivity index (χ2n) is 6.67. The maximum absolute atomic E-state index is 13.4. The molecule has 0 aliphatic heterocycles. The van der Waals surface area contributed by atoms with Gasteiger partial charge in [-0.3, -0.25) is 0 Å². The highest BCUT2D eigenvalue weighted by molar-refractivity contribution is 6.19. The molecule has 2 N–H and O–H groups in total. The third-order valence-corrected chi connectivity index (χ3v) is 4.95. The highest BCUT2D eigenvalue weighted by Crippen LogP contribution is 2.38. The number of methoxy groups -OCH3 is 1. The van der Waals surface area contributed by atoms with E-state index in [1.807, 2.05) is 0 Å². The third kappa shape index (κ3) is 3.18. The third-order valence-electron chi connectivity index (χ3n) is 4.95. The Morgan fingerprint density at radius 3 is 2.48 bits per heavy atom. The molecular weight excluding hydrogens is 383 g/mol. The molecule has 0 unspecified atom stereocenters. The van der Waals surface area contributed by atoms with Gasteiger partial charge in [0, 0.05) is 17.3 Å². The van der Waals surface area contributed by atoms with Crippen molar-refractivity contribution in [2.75, 3.05) is 7.11 Å². The van der Waals surface area contributed by atoms with Gasteiger partial charge in [0.15, 0.2) is 0 Å². The molecule has 4 nitrogen and oxygen atoms in total. The smallest absolute Gasteiger partial charge is 0.416 e. The van der Waals surface area contributed by atoms with Crippen LogP contribution in [-0.2, 0) is 17.3 Å². The minimum absolute atomic E-state index is 0.00679. The number of aromatic hydroxyl groups is 1. The number of fused-ring (bicyclic) bond motifs is 3. The summed E-state index contributed by atoms with van der Waals surface area (Å²) in [4.78, 5) is 15.3. The number of halogens is 3. The van der Waals surface area contributed by atoms with Crippen LogP contribution < -0.4 is 0 Å². The summed E-state index contributed by atoms with van der Waals surface area (Å²) in [5, 5.41) is 11.3. The number of nitrogens with one attached hydrogen (secondary N) is 1. The van der Waals surface area contributed by atoms with Crippen molar-refractivity contribution in [2.24, 2.45) is 0 Å². The predicted octanol–water partition coefficient (Wildman–Crippen LogP) is 5.42. The zero-order valence-electron chi connectivity index (χ0n) is 15.3. The number of hydrogen-bond donors (Lipinski definition) is 2. The van der Waals surface area contributed by atoms with Crippen LogP contribution in [0.5, 0.6) is 5.75 Å². The van der Waals surface area contributed by atoms with Crippen molar-refractivity contribution in [1.82, 2.24) is 4.98 Å². The number of aromatic nitrogens is 1. The molecule has 4 aromatic rings. The number of hydrogen-bond acceptors (Lipinski definition) is 3. The van der Waals surface area contributed by atoms with Crippen LogP contribution in [0.1, 0.15) is 27.0 Å². The Hall–Kier alpha value is -3.48. The summed E-state index contributed by atoms with van der Waals surface area (Å²) < 4.78 is 45.0. The van der Waals surface area contributed by atoms with Crippen LogP contribution in [0.4, 0.5) is 13.2 Å². The average Bonchev–Trinajstić information content (AvgIpc) is 3.10. The first kappa shape index (κ1) is 18.9. The number of H-pyrrole nitrogens is 1. The van der Waals surface area contributed by atoms with Gasteiger partial charge in [-0.15, -0.1) is 0 Å². The lowest BCUT2D eigenvalue weighted by Crippen LogP contribution is -2.09. The summed E-state index contributed by atoms with van der Waals surface area (Å²) in [5.41, 5.74) is 1.32. The number of phenolic OH excluding ortho intramolecular Hbond substituents is 1. The van der Waals surface area contributed by atoms with Gasteiger partial charge in [0.25, 0.3) is 0 Å². The minimum atomic E-state index is -4.47. The fourth-order valence-electron chi connectivity index (χ4n) is 3.67. The van der Waals surface area contributed by atoms with Gasteiger partial charge in [-0.1, -0.05) is 30.3 Å². The van der Waals surface area contributed by atoms with Crippen molar-refractivity contribution in [2.45, 2.75) is 12.6 Å². The van der Waals surface area contributed by atoms with Gasteiger partial charge in [0.2, 0.25) is 0 Å². The highest BCUT2D eigenvalue weighted by Gasteiger charge is 2.33. The molecule has 0 saturated carbocycles. The van der Waals surface area contributed by atoms with Crippen molar-refractivity contribution >= 4 is 27.8 Å². The molecule has 0 radical (unpaired) electrons. The summed E-state index contributed by atoms with van der Waals surface area (Å²) in [5.74, 6) is -0.640. The van der Waals surface area contributed by atoms with E-state index in [4.69, 9.17) is 4.74 Å². The average molecular weight is 399 g/mol. The normalized spacial score (nSPS) is 11.9. The monoisotopic (exact) mass is 399 g/mol. The maximum Gasteiger partial charge on any atom is 0.416 e. The summed E-state index contributed by atoms with van der Waals surface area (Å²) in [6, 6.07) is 13.4. The molecule has 3 aromatic carbocycles. The first-order valence-electron chi connectivity index (χ1n) is 8.80. The molecule has 4 rings (SSSR count). The van der Waals surface area contributed by atoms with Crippen molar-refractivity contribution in [3.05, 3.63) is 76.9 Å². The Morgan fingerprint density at radius 1 is 1.00 bits per heavy atom. The predicted molar refractivity (Wildman–Crippen MR) is 103 cm³/mol. The number of benzene rings is 3. The molecule has 0 amide bonds. The molecule has 0 atom stereocenters. The lowest BCUT2D eigenvalue weighted by atomic mass is 9.97. The lowest BCUT2D eigenvalue weighted by Gasteiger charge is -2.13. The lowest BCUT2D eigenvalue weighted by molar-refractivity contribution is -0.138. The van der Waals surface area contributed by atoms with E-state index in [1.165, 1.54) is 25.3 Å². The molecule has 29 heavy (non-hydrogen) atoms. The SMILES string of the molecule is COC(=O)c1cccc2[nH]c3c(Cc4ccccc4C(F)(F)F)ccc(O)c3c12. The minimum Gasteiger partial charge on any atom is -0.507 e. The van der Waals surface area contributed by atoms with Crippen LogP contribution in [-0.4, -0.2) is 23.2 Å². The van der Waals surface area contributed by atoms with Crippen molar-refractivity contribution in [3.63, 3.8) is 0 Å². The van der Waals surface area contributed by atoms with Gasteiger partial charge in [0.1, 0.15) is 5.75 Å². The van der Waals surface area contributed by atoms with E-state index in [9.17, 15) is 23.1 Å². The molecule has 1 aromatic heterocycles. The van der Waals surface area contributed by atoms with E-state index >= 15 is 0 Å². The molecule has 7 heteroatoms. The number of esters is 1. The van der Waals surface area contributed by atoms with Gasteiger partial charge in [-0.05, 0) is 35.4 Å². The largest absolute Gasteiger partial charge is 0.507 e. The van der Waals surface area contributed by atoms with Crippen LogP contribution in [0.15, 0.2) is 54.6 Å². The molecule has 0 aliphatic carbocycles. The Kier molecular flexibility index (Phi) is 4.45. The molecule has 0 aliphatic rings. The van der Waals surface area contributed by atoms with Crippen LogP contribution >= 0.6 is 0 Å². The Bertz CT molecular complexity index is 1240. The van der Waals surface area contributed by atoms with E-state index in [1.54, 1.807) is 30.3 Å². The van der Waals surface area contributed by atoms with Gasteiger partial charge in [-0.2, -0.15) is 13.2 Å². The number of carbonyl (C=O) groups is 1. The van der Waals surface area contributed by atoms with Crippen LogP contribution in [0, 0.1) is 0 Å². The summed E-state index contributed by atoms with van der Waals surface area (Å²) >= 11 is 0.